The van der Waals surface area contributed by atoms with Gasteiger partial charge in [0.15, 0.2) is 0 Å². The number of piperidine rings is 1. The largest absolute Gasteiger partial charge is 0.396 e. The Labute approximate surface area is 127 Å². The lowest BCUT2D eigenvalue weighted by Gasteiger charge is -2.35. The van der Waals surface area contributed by atoms with E-state index in [0.29, 0.717) is 6.42 Å². The molecule has 116 valence electrons. The number of nitrogens with zero attached hydrogens (tertiary/aromatic N) is 1. The van der Waals surface area contributed by atoms with Crippen molar-refractivity contribution in [1.29, 1.82) is 0 Å². The van der Waals surface area contributed by atoms with E-state index in [1.165, 1.54) is 0 Å². The number of anilines is 1. The summed E-state index contributed by atoms with van der Waals surface area (Å²) in [5, 5.41) is 12.5. The molecule has 0 bridgehead atoms. The zero-order valence-corrected chi connectivity index (χ0v) is 12.8. The average molecular weight is 290 g/mol. The SMILES string of the molecule is CCCNc1ccc(C(=O)N2CCCCC2CCO)cc1. The number of carbonyl (C=O) groups excluding carboxylic acids is 1. The molecule has 4 heteroatoms. The van der Waals surface area contributed by atoms with Crippen LogP contribution in [-0.2, 0) is 0 Å². The molecule has 1 aromatic rings. The van der Waals surface area contributed by atoms with Gasteiger partial charge in [-0.3, -0.25) is 4.79 Å². The Morgan fingerprint density at radius 1 is 1.33 bits per heavy atom. The Balaban J connectivity index is 2.03. The number of rotatable bonds is 6. The fourth-order valence-corrected chi connectivity index (χ4v) is 2.88. The molecule has 1 heterocycles. The summed E-state index contributed by atoms with van der Waals surface area (Å²) in [6.45, 7) is 4.02. The van der Waals surface area contributed by atoms with Gasteiger partial charge in [0.05, 0.1) is 0 Å². The summed E-state index contributed by atoms with van der Waals surface area (Å²) >= 11 is 0. The predicted molar refractivity (Wildman–Crippen MR) is 85.6 cm³/mol. The Morgan fingerprint density at radius 2 is 2.10 bits per heavy atom. The molecule has 1 aliphatic heterocycles. The third-order valence-corrected chi connectivity index (χ3v) is 4.06. The van der Waals surface area contributed by atoms with Crippen molar-refractivity contribution >= 4 is 11.6 Å². The highest BCUT2D eigenvalue weighted by molar-refractivity contribution is 5.94. The maximum atomic E-state index is 12.6. The second kappa shape index (κ2) is 8.03. The molecule has 1 aromatic carbocycles. The average Bonchev–Trinajstić information content (AvgIpc) is 2.53. The number of carbonyl (C=O) groups is 1. The van der Waals surface area contributed by atoms with Crippen molar-refractivity contribution in [3.8, 4) is 0 Å². The highest BCUT2D eigenvalue weighted by atomic mass is 16.3. The van der Waals surface area contributed by atoms with Crippen molar-refractivity contribution < 1.29 is 9.90 Å². The van der Waals surface area contributed by atoms with Crippen LogP contribution in [0.5, 0.6) is 0 Å². The van der Waals surface area contributed by atoms with Crippen molar-refractivity contribution in [2.45, 2.75) is 45.1 Å². The van der Waals surface area contributed by atoms with Gasteiger partial charge in [0.25, 0.3) is 5.91 Å². The standard InChI is InChI=1S/C17H26N2O2/c1-2-11-18-15-8-6-14(7-9-15)17(21)19-12-4-3-5-16(19)10-13-20/h6-9,16,18,20H,2-5,10-13H2,1H3. The lowest BCUT2D eigenvalue weighted by molar-refractivity contribution is 0.0574. The van der Waals surface area contributed by atoms with Gasteiger partial charge in [-0.2, -0.15) is 0 Å². The summed E-state index contributed by atoms with van der Waals surface area (Å²) in [6, 6.07) is 7.91. The summed E-state index contributed by atoms with van der Waals surface area (Å²) in [7, 11) is 0. The van der Waals surface area contributed by atoms with E-state index in [2.05, 4.69) is 12.2 Å². The topological polar surface area (TPSA) is 52.6 Å². The van der Waals surface area contributed by atoms with Crippen LogP contribution in [0.3, 0.4) is 0 Å². The number of hydrogen-bond acceptors (Lipinski definition) is 3. The molecule has 1 saturated heterocycles. The molecule has 2 N–H and O–H groups in total. The van der Waals surface area contributed by atoms with Crippen LogP contribution < -0.4 is 5.32 Å². The zero-order valence-electron chi connectivity index (χ0n) is 12.8. The van der Waals surface area contributed by atoms with E-state index in [1.54, 1.807) is 0 Å². The number of aliphatic hydroxyl groups is 1. The first-order chi connectivity index (χ1) is 10.3. The van der Waals surface area contributed by atoms with Gasteiger partial charge in [0.2, 0.25) is 0 Å². The number of hydrogen-bond donors (Lipinski definition) is 2. The first kappa shape index (κ1) is 15.8. The summed E-state index contributed by atoms with van der Waals surface area (Å²) < 4.78 is 0. The van der Waals surface area contributed by atoms with E-state index in [4.69, 9.17) is 5.11 Å². The van der Waals surface area contributed by atoms with Gasteiger partial charge in [-0.25, -0.2) is 0 Å². The molecule has 1 aliphatic rings. The van der Waals surface area contributed by atoms with E-state index in [1.807, 2.05) is 29.2 Å². The minimum absolute atomic E-state index is 0.0928. The highest BCUT2D eigenvalue weighted by Gasteiger charge is 2.26. The van der Waals surface area contributed by atoms with Crippen LogP contribution in [0.1, 0.15) is 49.4 Å². The summed E-state index contributed by atoms with van der Waals surface area (Å²) in [5.74, 6) is 0.0928. The molecule has 0 aliphatic carbocycles. The zero-order chi connectivity index (χ0) is 15.1. The molecule has 1 atom stereocenters. The van der Waals surface area contributed by atoms with Gasteiger partial charge >= 0.3 is 0 Å². The van der Waals surface area contributed by atoms with E-state index in [9.17, 15) is 4.79 Å². The minimum atomic E-state index is 0.0928. The van der Waals surface area contributed by atoms with E-state index >= 15 is 0 Å². The Bertz CT molecular complexity index is 443. The lowest BCUT2D eigenvalue weighted by Crippen LogP contribution is -2.44. The highest BCUT2D eigenvalue weighted by Crippen LogP contribution is 2.22. The summed E-state index contributed by atoms with van der Waals surface area (Å²) in [4.78, 5) is 14.6. The van der Waals surface area contributed by atoms with Gasteiger partial charge in [-0.1, -0.05) is 6.92 Å². The van der Waals surface area contributed by atoms with Gasteiger partial charge in [-0.05, 0) is 56.4 Å². The molecule has 1 unspecified atom stereocenters. The Hall–Kier alpha value is -1.55. The molecule has 0 spiro atoms. The molecular weight excluding hydrogens is 264 g/mol. The van der Waals surface area contributed by atoms with Crippen LogP contribution in [0, 0.1) is 0 Å². The fourth-order valence-electron chi connectivity index (χ4n) is 2.88. The molecule has 1 fully saturated rings. The van der Waals surface area contributed by atoms with E-state index in [-0.39, 0.29) is 18.6 Å². The molecule has 0 aromatic heterocycles. The first-order valence-electron chi connectivity index (χ1n) is 8.02. The lowest BCUT2D eigenvalue weighted by atomic mass is 9.98. The monoisotopic (exact) mass is 290 g/mol. The fraction of sp³-hybridized carbons (Fsp3) is 0.588. The molecule has 4 nitrogen and oxygen atoms in total. The molecule has 21 heavy (non-hydrogen) atoms. The first-order valence-corrected chi connectivity index (χ1v) is 8.02. The van der Waals surface area contributed by atoms with Crippen molar-refractivity contribution in [3.05, 3.63) is 29.8 Å². The van der Waals surface area contributed by atoms with Gasteiger partial charge in [-0.15, -0.1) is 0 Å². The number of benzene rings is 1. The maximum Gasteiger partial charge on any atom is 0.254 e. The van der Waals surface area contributed by atoms with Crippen LogP contribution in [0.2, 0.25) is 0 Å². The molecule has 0 saturated carbocycles. The third-order valence-electron chi connectivity index (χ3n) is 4.06. The molecular formula is C17H26N2O2. The van der Waals surface area contributed by atoms with Crippen LogP contribution in [-0.4, -0.2) is 41.7 Å². The summed E-state index contributed by atoms with van der Waals surface area (Å²) in [6.07, 6.45) is 4.97. The van der Waals surface area contributed by atoms with Crippen LogP contribution >= 0.6 is 0 Å². The Morgan fingerprint density at radius 3 is 2.76 bits per heavy atom. The van der Waals surface area contributed by atoms with Crippen molar-refractivity contribution in [2.75, 3.05) is 25.0 Å². The van der Waals surface area contributed by atoms with E-state index < -0.39 is 0 Å². The number of nitrogens with one attached hydrogen (secondary N) is 1. The van der Waals surface area contributed by atoms with Crippen molar-refractivity contribution in [3.63, 3.8) is 0 Å². The second-order valence-electron chi connectivity index (χ2n) is 5.66. The number of amides is 1. The van der Waals surface area contributed by atoms with Gasteiger partial charge in [0, 0.05) is 37.0 Å². The van der Waals surface area contributed by atoms with Crippen molar-refractivity contribution in [2.24, 2.45) is 0 Å². The normalized spacial score (nSPS) is 18.6. The predicted octanol–water partition coefficient (Wildman–Crippen LogP) is 2.89. The number of aliphatic hydroxyl groups excluding tert-OH is 1. The molecule has 0 radical (unpaired) electrons. The number of likely N-dealkylation sites (tertiary alicyclic amines) is 1. The molecule has 2 rings (SSSR count). The van der Waals surface area contributed by atoms with Crippen LogP contribution in [0.15, 0.2) is 24.3 Å². The van der Waals surface area contributed by atoms with Crippen molar-refractivity contribution in [1.82, 2.24) is 4.90 Å². The molecule has 1 amide bonds. The Kier molecular flexibility index (Phi) is 6.05. The smallest absolute Gasteiger partial charge is 0.254 e. The van der Waals surface area contributed by atoms with Crippen LogP contribution in [0.4, 0.5) is 5.69 Å². The second-order valence-corrected chi connectivity index (χ2v) is 5.66. The maximum absolute atomic E-state index is 12.6. The summed E-state index contributed by atoms with van der Waals surface area (Å²) in [5.41, 5.74) is 1.79. The third kappa shape index (κ3) is 4.21. The quantitative estimate of drug-likeness (QED) is 0.847. The minimum Gasteiger partial charge on any atom is -0.396 e. The van der Waals surface area contributed by atoms with E-state index in [0.717, 1.165) is 50.0 Å². The van der Waals surface area contributed by atoms with Gasteiger partial charge in [0.1, 0.15) is 0 Å². The van der Waals surface area contributed by atoms with Crippen LogP contribution in [0.25, 0.3) is 0 Å². The van der Waals surface area contributed by atoms with Gasteiger partial charge < -0.3 is 15.3 Å².